The molecule has 0 bridgehead atoms. The number of ether oxygens (including phenoxy) is 1. The minimum Gasteiger partial charge on any atom is -0.369 e. The number of hydrogen-bond acceptors (Lipinski definition) is 1. The smallest absolute Gasteiger partial charge is 0.0878 e. The SMILES string of the molecule is CCC(C)C1OC1C1CC(C(C)C)C2CC=CC21. The normalized spacial score (nSPS) is 47.6. The quantitative estimate of drug-likeness (QED) is 0.534. The van der Waals surface area contributed by atoms with Crippen molar-refractivity contribution in [2.45, 2.75) is 59.2 Å². The van der Waals surface area contributed by atoms with E-state index in [1.54, 1.807) is 0 Å². The van der Waals surface area contributed by atoms with Crippen molar-refractivity contribution in [1.29, 1.82) is 0 Å². The first-order valence-corrected chi connectivity index (χ1v) is 7.95. The highest BCUT2D eigenvalue weighted by Crippen LogP contribution is 2.55. The van der Waals surface area contributed by atoms with E-state index in [4.69, 9.17) is 4.74 Å². The minimum atomic E-state index is 0.570. The van der Waals surface area contributed by atoms with Crippen LogP contribution >= 0.6 is 0 Å². The van der Waals surface area contributed by atoms with Crippen LogP contribution in [-0.2, 0) is 4.74 Å². The second-order valence-corrected chi connectivity index (χ2v) is 7.16. The molecule has 7 unspecified atom stereocenters. The van der Waals surface area contributed by atoms with E-state index in [1.807, 2.05) is 0 Å². The Labute approximate surface area is 112 Å². The molecule has 0 amide bonds. The highest BCUT2D eigenvalue weighted by Gasteiger charge is 2.55. The molecule has 0 radical (unpaired) electrons. The maximum atomic E-state index is 6.06. The van der Waals surface area contributed by atoms with E-state index in [9.17, 15) is 0 Å². The molecule has 3 rings (SSSR count). The summed E-state index contributed by atoms with van der Waals surface area (Å²) in [6.45, 7) is 9.44. The van der Waals surface area contributed by atoms with Gasteiger partial charge in [0, 0.05) is 0 Å². The van der Waals surface area contributed by atoms with Gasteiger partial charge >= 0.3 is 0 Å². The molecule has 1 heterocycles. The van der Waals surface area contributed by atoms with E-state index in [2.05, 4.69) is 39.8 Å². The molecule has 0 spiro atoms. The van der Waals surface area contributed by atoms with Crippen LogP contribution in [0.1, 0.15) is 47.0 Å². The van der Waals surface area contributed by atoms with Crippen LogP contribution in [0.5, 0.6) is 0 Å². The molecule has 1 heteroatoms. The van der Waals surface area contributed by atoms with Crippen molar-refractivity contribution in [2.24, 2.45) is 35.5 Å². The number of allylic oxidation sites excluding steroid dienone is 2. The molecule has 1 saturated carbocycles. The molecule has 7 atom stereocenters. The lowest BCUT2D eigenvalue weighted by Gasteiger charge is -2.21. The summed E-state index contributed by atoms with van der Waals surface area (Å²) in [5.41, 5.74) is 0. The summed E-state index contributed by atoms with van der Waals surface area (Å²) in [5, 5.41) is 0. The molecule has 1 aliphatic heterocycles. The van der Waals surface area contributed by atoms with Gasteiger partial charge in [0.1, 0.15) is 0 Å². The van der Waals surface area contributed by atoms with E-state index in [0.29, 0.717) is 12.2 Å². The molecule has 102 valence electrons. The molecule has 1 saturated heterocycles. The predicted molar refractivity (Wildman–Crippen MR) is 75.3 cm³/mol. The molecule has 18 heavy (non-hydrogen) atoms. The highest BCUT2D eigenvalue weighted by atomic mass is 16.6. The van der Waals surface area contributed by atoms with Gasteiger partial charge in [-0.1, -0.05) is 46.3 Å². The Hall–Kier alpha value is -0.300. The third kappa shape index (κ3) is 1.95. The third-order valence-corrected chi connectivity index (χ3v) is 5.89. The molecular formula is C17H28O. The monoisotopic (exact) mass is 248 g/mol. The Morgan fingerprint density at radius 3 is 2.67 bits per heavy atom. The molecular weight excluding hydrogens is 220 g/mol. The largest absolute Gasteiger partial charge is 0.369 e. The highest BCUT2D eigenvalue weighted by molar-refractivity contribution is 5.14. The summed E-state index contributed by atoms with van der Waals surface area (Å²) < 4.78 is 6.06. The van der Waals surface area contributed by atoms with Gasteiger partial charge in [-0.15, -0.1) is 0 Å². The van der Waals surface area contributed by atoms with Crippen molar-refractivity contribution in [3.05, 3.63) is 12.2 Å². The fraction of sp³-hybridized carbons (Fsp3) is 0.882. The van der Waals surface area contributed by atoms with Crippen LogP contribution in [0.15, 0.2) is 12.2 Å². The van der Waals surface area contributed by atoms with Crippen molar-refractivity contribution in [2.75, 3.05) is 0 Å². The molecule has 2 aliphatic carbocycles. The Morgan fingerprint density at radius 2 is 2.00 bits per heavy atom. The molecule has 0 aromatic rings. The lowest BCUT2D eigenvalue weighted by molar-refractivity contribution is 0.272. The van der Waals surface area contributed by atoms with Gasteiger partial charge in [-0.25, -0.2) is 0 Å². The van der Waals surface area contributed by atoms with Gasteiger partial charge in [0.25, 0.3) is 0 Å². The van der Waals surface area contributed by atoms with Gasteiger partial charge in [-0.3, -0.25) is 0 Å². The first kappa shape index (κ1) is 12.7. The van der Waals surface area contributed by atoms with Crippen LogP contribution in [0.25, 0.3) is 0 Å². The minimum absolute atomic E-state index is 0.570. The standard InChI is InChI=1S/C17H28O/c1-5-11(4)16-17(18-16)15-9-14(10(2)3)12-7-6-8-13(12)15/h6,8,10-17H,5,7,9H2,1-4H3. The lowest BCUT2D eigenvalue weighted by Crippen LogP contribution is -2.19. The van der Waals surface area contributed by atoms with Crippen molar-refractivity contribution in [3.63, 3.8) is 0 Å². The zero-order valence-electron chi connectivity index (χ0n) is 12.3. The van der Waals surface area contributed by atoms with E-state index >= 15 is 0 Å². The summed E-state index contributed by atoms with van der Waals surface area (Å²) >= 11 is 0. The van der Waals surface area contributed by atoms with Gasteiger partial charge in [-0.2, -0.15) is 0 Å². The van der Waals surface area contributed by atoms with Gasteiger partial charge in [-0.05, 0) is 48.3 Å². The zero-order chi connectivity index (χ0) is 12.9. The second kappa shape index (κ2) is 4.67. The maximum absolute atomic E-state index is 6.06. The molecule has 0 N–H and O–H groups in total. The van der Waals surface area contributed by atoms with Crippen LogP contribution in [0.2, 0.25) is 0 Å². The average Bonchev–Trinajstić information content (AvgIpc) is 2.83. The van der Waals surface area contributed by atoms with Crippen molar-refractivity contribution in [3.8, 4) is 0 Å². The zero-order valence-corrected chi connectivity index (χ0v) is 12.3. The Bertz CT molecular complexity index is 333. The molecule has 1 nitrogen and oxygen atoms in total. The van der Waals surface area contributed by atoms with Crippen molar-refractivity contribution < 1.29 is 4.74 Å². The average molecular weight is 248 g/mol. The molecule has 3 aliphatic rings. The second-order valence-electron chi connectivity index (χ2n) is 7.16. The number of hydrogen-bond donors (Lipinski definition) is 0. The van der Waals surface area contributed by atoms with Crippen molar-refractivity contribution >= 4 is 0 Å². The first-order chi connectivity index (χ1) is 8.63. The van der Waals surface area contributed by atoms with Gasteiger partial charge in [0.05, 0.1) is 12.2 Å². The summed E-state index contributed by atoms with van der Waals surface area (Å²) in [6, 6.07) is 0. The van der Waals surface area contributed by atoms with Crippen LogP contribution in [0, 0.1) is 35.5 Å². The summed E-state index contributed by atoms with van der Waals surface area (Å²) in [4.78, 5) is 0. The summed E-state index contributed by atoms with van der Waals surface area (Å²) in [6.07, 6.45) is 10.1. The maximum Gasteiger partial charge on any atom is 0.0878 e. The molecule has 0 aromatic carbocycles. The summed E-state index contributed by atoms with van der Waals surface area (Å²) in [5.74, 6) is 5.09. The number of rotatable bonds is 4. The Kier molecular flexibility index (Phi) is 3.30. The fourth-order valence-corrected chi connectivity index (χ4v) is 4.55. The number of epoxide rings is 1. The molecule has 0 aromatic heterocycles. The van der Waals surface area contributed by atoms with E-state index in [0.717, 1.165) is 35.5 Å². The fourth-order valence-electron chi connectivity index (χ4n) is 4.55. The third-order valence-electron chi connectivity index (χ3n) is 5.89. The van der Waals surface area contributed by atoms with Gasteiger partial charge in [0.2, 0.25) is 0 Å². The van der Waals surface area contributed by atoms with E-state index < -0.39 is 0 Å². The first-order valence-electron chi connectivity index (χ1n) is 7.95. The van der Waals surface area contributed by atoms with Gasteiger partial charge in [0.15, 0.2) is 0 Å². The number of fused-ring (bicyclic) bond motifs is 1. The van der Waals surface area contributed by atoms with E-state index in [1.165, 1.54) is 19.3 Å². The van der Waals surface area contributed by atoms with Crippen molar-refractivity contribution in [1.82, 2.24) is 0 Å². The van der Waals surface area contributed by atoms with Crippen LogP contribution < -0.4 is 0 Å². The Morgan fingerprint density at radius 1 is 1.22 bits per heavy atom. The van der Waals surface area contributed by atoms with Crippen LogP contribution in [0.3, 0.4) is 0 Å². The topological polar surface area (TPSA) is 12.5 Å². The summed E-state index contributed by atoms with van der Waals surface area (Å²) in [7, 11) is 0. The molecule has 2 fully saturated rings. The van der Waals surface area contributed by atoms with Crippen LogP contribution in [0.4, 0.5) is 0 Å². The lowest BCUT2D eigenvalue weighted by atomic mass is 9.83. The predicted octanol–water partition coefficient (Wildman–Crippen LogP) is 4.28. The Balaban J connectivity index is 1.69. The van der Waals surface area contributed by atoms with E-state index in [-0.39, 0.29) is 0 Å². The van der Waals surface area contributed by atoms with Crippen LogP contribution in [-0.4, -0.2) is 12.2 Å². The van der Waals surface area contributed by atoms with Gasteiger partial charge < -0.3 is 4.74 Å².